The number of nitrogens with one attached hydrogen (secondary N) is 1. The predicted octanol–water partition coefficient (Wildman–Crippen LogP) is 2.77. The number of amides is 1. The Hall–Kier alpha value is -0.610. The van der Waals surface area contributed by atoms with Gasteiger partial charge in [-0.2, -0.15) is 0 Å². The van der Waals surface area contributed by atoms with Gasteiger partial charge in [0.2, 0.25) is 5.91 Å². The second kappa shape index (κ2) is 7.10. The molecule has 2 fully saturated rings. The molecule has 2 rings (SSSR count). The Labute approximate surface area is 129 Å². The molecule has 4 atom stereocenters. The van der Waals surface area contributed by atoms with Gasteiger partial charge in [-0.25, -0.2) is 0 Å². The molecule has 2 aliphatic heterocycles. The highest BCUT2D eigenvalue weighted by Gasteiger charge is 2.43. The summed E-state index contributed by atoms with van der Waals surface area (Å²) >= 11 is 0. The molecule has 2 saturated heterocycles. The summed E-state index contributed by atoms with van der Waals surface area (Å²) in [4.78, 5) is 15.0. The Balaban J connectivity index is 2.11. The van der Waals surface area contributed by atoms with Gasteiger partial charge in [0.25, 0.3) is 0 Å². The van der Waals surface area contributed by atoms with Crippen LogP contribution in [0.15, 0.2) is 0 Å². The number of hydrogen-bond acceptors (Lipinski definition) is 3. The molecule has 0 aliphatic carbocycles. The van der Waals surface area contributed by atoms with E-state index in [2.05, 4.69) is 44.8 Å². The number of nitrogens with zero attached hydrogens (tertiary/aromatic N) is 1. The van der Waals surface area contributed by atoms with Crippen molar-refractivity contribution in [1.82, 2.24) is 10.2 Å². The van der Waals surface area contributed by atoms with E-state index in [4.69, 9.17) is 4.74 Å². The van der Waals surface area contributed by atoms with Crippen molar-refractivity contribution < 1.29 is 9.53 Å². The molecular weight excluding hydrogens is 264 g/mol. The van der Waals surface area contributed by atoms with Crippen LogP contribution in [0.1, 0.15) is 60.3 Å². The van der Waals surface area contributed by atoms with Gasteiger partial charge in [-0.15, -0.1) is 0 Å². The van der Waals surface area contributed by atoms with E-state index in [1.165, 1.54) is 0 Å². The van der Waals surface area contributed by atoms with Crippen molar-refractivity contribution in [2.75, 3.05) is 6.61 Å². The highest BCUT2D eigenvalue weighted by Crippen LogP contribution is 2.28. The Kier molecular flexibility index (Phi) is 5.67. The fourth-order valence-electron chi connectivity index (χ4n) is 3.65. The minimum absolute atomic E-state index is 0.00639. The highest BCUT2D eigenvalue weighted by molar-refractivity contribution is 5.84. The van der Waals surface area contributed by atoms with Crippen molar-refractivity contribution >= 4 is 5.91 Å². The van der Waals surface area contributed by atoms with E-state index in [1.54, 1.807) is 0 Å². The minimum atomic E-state index is 0.00639. The number of ether oxygens (including phenoxy) is 1. The Morgan fingerprint density at radius 1 is 1.24 bits per heavy atom. The lowest BCUT2D eigenvalue weighted by Gasteiger charge is -2.37. The summed E-state index contributed by atoms with van der Waals surface area (Å²) < 4.78 is 5.65. The van der Waals surface area contributed by atoms with Crippen LogP contribution in [0, 0.1) is 11.8 Å². The van der Waals surface area contributed by atoms with E-state index in [-0.39, 0.29) is 18.3 Å². The van der Waals surface area contributed by atoms with Gasteiger partial charge in [0, 0.05) is 12.6 Å². The van der Waals surface area contributed by atoms with Crippen molar-refractivity contribution in [3.63, 3.8) is 0 Å². The molecule has 4 heteroatoms. The van der Waals surface area contributed by atoms with E-state index in [0.717, 1.165) is 32.3 Å². The monoisotopic (exact) mass is 296 g/mol. The van der Waals surface area contributed by atoms with Crippen LogP contribution in [0.2, 0.25) is 0 Å². The van der Waals surface area contributed by atoms with Crippen molar-refractivity contribution in [2.24, 2.45) is 11.8 Å². The first-order valence-corrected chi connectivity index (χ1v) is 8.58. The van der Waals surface area contributed by atoms with Gasteiger partial charge in [0.05, 0.1) is 18.3 Å². The Morgan fingerprint density at radius 3 is 2.48 bits per heavy atom. The third kappa shape index (κ3) is 4.19. The summed E-state index contributed by atoms with van der Waals surface area (Å²) in [5.41, 5.74) is 0. The SMILES string of the molecule is CC(C)CC1NC(CC(C)C)N(C2CCOC(C)C2)C1=O. The number of hydrogen-bond donors (Lipinski definition) is 1. The van der Waals surface area contributed by atoms with E-state index in [0.29, 0.717) is 23.8 Å². The zero-order chi connectivity index (χ0) is 15.6. The largest absolute Gasteiger partial charge is 0.378 e. The standard InChI is InChI=1S/C17H32N2O2/c1-11(2)8-15-17(20)19(16(18-15)9-12(3)4)14-6-7-21-13(5)10-14/h11-16,18H,6-10H2,1-5H3. The van der Waals surface area contributed by atoms with Crippen LogP contribution in [0.3, 0.4) is 0 Å². The summed E-state index contributed by atoms with van der Waals surface area (Å²) in [6, 6.07) is 0.349. The highest BCUT2D eigenvalue weighted by atomic mass is 16.5. The molecule has 2 heterocycles. The van der Waals surface area contributed by atoms with E-state index in [1.807, 2.05) is 0 Å². The van der Waals surface area contributed by atoms with Crippen molar-refractivity contribution in [3.8, 4) is 0 Å². The molecule has 0 saturated carbocycles. The van der Waals surface area contributed by atoms with Crippen LogP contribution >= 0.6 is 0 Å². The first-order chi connectivity index (χ1) is 9.88. The molecule has 122 valence electrons. The van der Waals surface area contributed by atoms with Crippen molar-refractivity contribution in [1.29, 1.82) is 0 Å². The van der Waals surface area contributed by atoms with Gasteiger partial charge in [-0.1, -0.05) is 27.7 Å². The van der Waals surface area contributed by atoms with Crippen LogP contribution in [-0.2, 0) is 9.53 Å². The minimum Gasteiger partial charge on any atom is -0.378 e. The Morgan fingerprint density at radius 2 is 1.90 bits per heavy atom. The average Bonchev–Trinajstić information content (AvgIpc) is 2.64. The summed E-state index contributed by atoms with van der Waals surface area (Å²) in [5, 5.41) is 3.60. The zero-order valence-corrected chi connectivity index (χ0v) is 14.3. The lowest BCUT2D eigenvalue weighted by atomic mass is 9.99. The maximum Gasteiger partial charge on any atom is 0.241 e. The topological polar surface area (TPSA) is 41.6 Å². The molecule has 4 nitrogen and oxygen atoms in total. The molecule has 0 bridgehead atoms. The smallest absolute Gasteiger partial charge is 0.241 e. The lowest BCUT2D eigenvalue weighted by molar-refractivity contribution is -0.135. The van der Waals surface area contributed by atoms with E-state index in [9.17, 15) is 4.79 Å². The molecular formula is C17H32N2O2. The first-order valence-electron chi connectivity index (χ1n) is 8.58. The van der Waals surface area contributed by atoms with E-state index < -0.39 is 0 Å². The normalized spacial score (nSPS) is 34.2. The molecule has 2 aliphatic rings. The van der Waals surface area contributed by atoms with Crippen molar-refractivity contribution in [3.05, 3.63) is 0 Å². The van der Waals surface area contributed by atoms with Gasteiger partial charge in [-0.3, -0.25) is 10.1 Å². The lowest BCUT2D eigenvalue weighted by Crippen LogP contribution is -2.48. The molecule has 0 radical (unpaired) electrons. The molecule has 21 heavy (non-hydrogen) atoms. The third-order valence-corrected chi connectivity index (χ3v) is 4.53. The number of carbonyl (C=O) groups is 1. The van der Waals surface area contributed by atoms with Crippen LogP contribution < -0.4 is 5.32 Å². The molecule has 0 aromatic heterocycles. The summed E-state index contributed by atoms with van der Waals surface area (Å²) in [5.74, 6) is 1.45. The molecule has 1 amide bonds. The zero-order valence-electron chi connectivity index (χ0n) is 14.3. The second-order valence-corrected chi connectivity index (χ2v) is 7.60. The van der Waals surface area contributed by atoms with Crippen LogP contribution in [0.25, 0.3) is 0 Å². The van der Waals surface area contributed by atoms with E-state index >= 15 is 0 Å². The average molecular weight is 296 g/mol. The predicted molar refractivity (Wildman–Crippen MR) is 84.9 cm³/mol. The first kappa shape index (κ1) is 16.8. The van der Waals surface area contributed by atoms with Gasteiger partial charge in [0.1, 0.15) is 0 Å². The fourth-order valence-corrected chi connectivity index (χ4v) is 3.65. The maximum absolute atomic E-state index is 12.9. The van der Waals surface area contributed by atoms with Crippen LogP contribution in [0.4, 0.5) is 0 Å². The van der Waals surface area contributed by atoms with Gasteiger partial charge in [-0.05, 0) is 44.4 Å². The fraction of sp³-hybridized carbons (Fsp3) is 0.941. The van der Waals surface area contributed by atoms with Crippen molar-refractivity contribution in [2.45, 2.75) is 84.7 Å². The summed E-state index contributed by atoms with van der Waals surface area (Å²) in [7, 11) is 0. The molecule has 0 aromatic rings. The van der Waals surface area contributed by atoms with Gasteiger partial charge in [0.15, 0.2) is 0 Å². The molecule has 4 unspecified atom stereocenters. The second-order valence-electron chi connectivity index (χ2n) is 7.60. The Bertz CT molecular complexity index is 357. The summed E-state index contributed by atoms with van der Waals surface area (Å²) in [6.07, 6.45) is 4.38. The van der Waals surface area contributed by atoms with Gasteiger partial charge >= 0.3 is 0 Å². The van der Waals surface area contributed by atoms with Gasteiger partial charge < -0.3 is 9.64 Å². The third-order valence-electron chi connectivity index (χ3n) is 4.53. The molecule has 0 aromatic carbocycles. The number of rotatable bonds is 5. The quantitative estimate of drug-likeness (QED) is 0.848. The van der Waals surface area contributed by atoms with Crippen LogP contribution in [0.5, 0.6) is 0 Å². The summed E-state index contributed by atoms with van der Waals surface area (Å²) in [6.45, 7) is 11.7. The van der Waals surface area contributed by atoms with Crippen LogP contribution in [-0.4, -0.2) is 41.8 Å². The molecule has 1 N–H and O–H groups in total. The maximum atomic E-state index is 12.9. The number of carbonyl (C=O) groups excluding carboxylic acids is 1. The molecule has 0 spiro atoms.